The van der Waals surface area contributed by atoms with Crippen LogP contribution in [0.15, 0.2) is 65.6 Å². The van der Waals surface area contributed by atoms with Crippen LogP contribution in [0.4, 0.5) is 5.69 Å². The van der Waals surface area contributed by atoms with Gasteiger partial charge in [0, 0.05) is 16.0 Å². The normalized spacial score (nSPS) is 10.5. The van der Waals surface area contributed by atoms with Crippen molar-refractivity contribution in [3.63, 3.8) is 0 Å². The third kappa shape index (κ3) is 3.17. The van der Waals surface area contributed by atoms with E-state index in [4.69, 9.17) is 4.74 Å². The molecule has 0 radical (unpaired) electrons. The zero-order chi connectivity index (χ0) is 16.2. The molecule has 0 aliphatic heterocycles. The van der Waals surface area contributed by atoms with E-state index in [1.165, 1.54) is 0 Å². The molecule has 0 fully saturated rings. The van der Waals surface area contributed by atoms with Gasteiger partial charge in [-0.1, -0.05) is 36.4 Å². The summed E-state index contributed by atoms with van der Waals surface area (Å²) in [5, 5.41) is 5.10. The lowest BCUT2D eigenvalue weighted by atomic mass is 10.1. The predicted octanol–water partition coefficient (Wildman–Crippen LogP) is 4.82. The Morgan fingerprint density at radius 3 is 2.61 bits per heavy atom. The molecule has 0 aromatic heterocycles. The summed E-state index contributed by atoms with van der Waals surface area (Å²) in [6, 6.07) is 19.4. The van der Waals surface area contributed by atoms with Gasteiger partial charge in [0.1, 0.15) is 5.75 Å². The molecule has 4 heteroatoms. The van der Waals surface area contributed by atoms with Crippen LogP contribution < -0.4 is 10.1 Å². The van der Waals surface area contributed by atoms with Gasteiger partial charge in [-0.25, -0.2) is 0 Å². The average molecular weight is 323 g/mol. The van der Waals surface area contributed by atoms with Crippen LogP contribution in [0.2, 0.25) is 0 Å². The highest BCUT2D eigenvalue weighted by molar-refractivity contribution is 7.98. The first-order valence-corrected chi connectivity index (χ1v) is 8.46. The maximum absolute atomic E-state index is 12.6. The minimum Gasteiger partial charge on any atom is -0.496 e. The standard InChI is InChI=1S/C19H17NO2S/c1-22-18-12-14(23-2)10-11-16(18)19(21)20-17-9-5-7-13-6-3-4-8-15(13)17/h3-12H,1-2H3,(H,20,21). The molecule has 0 unspecified atom stereocenters. The molecule has 0 spiro atoms. The van der Waals surface area contributed by atoms with Crippen LogP contribution in [0.1, 0.15) is 10.4 Å². The number of hydrogen-bond donors (Lipinski definition) is 1. The highest BCUT2D eigenvalue weighted by Gasteiger charge is 2.14. The topological polar surface area (TPSA) is 38.3 Å². The predicted molar refractivity (Wildman–Crippen MR) is 96.7 cm³/mol. The molecule has 0 aliphatic rings. The van der Waals surface area contributed by atoms with E-state index in [-0.39, 0.29) is 5.91 Å². The fraction of sp³-hybridized carbons (Fsp3) is 0.105. The molecular weight excluding hydrogens is 306 g/mol. The number of ether oxygens (including phenoxy) is 1. The average Bonchev–Trinajstić information content (AvgIpc) is 2.61. The summed E-state index contributed by atoms with van der Waals surface area (Å²) in [4.78, 5) is 13.7. The van der Waals surface area contributed by atoms with E-state index >= 15 is 0 Å². The lowest BCUT2D eigenvalue weighted by Crippen LogP contribution is -2.13. The molecule has 1 amide bonds. The molecule has 0 atom stereocenters. The van der Waals surface area contributed by atoms with E-state index in [0.717, 1.165) is 21.4 Å². The van der Waals surface area contributed by atoms with Gasteiger partial charge in [0.15, 0.2) is 0 Å². The molecule has 0 bridgehead atoms. The molecule has 116 valence electrons. The van der Waals surface area contributed by atoms with Crippen molar-refractivity contribution in [1.82, 2.24) is 0 Å². The van der Waals surface area contributed by atoms with Crippen molar-refractivity contribution in [1.29, 1.82) is 0 Å². The van der Waals surface area contributed by atoms with E-state index in [9.17, 15) is 4.79 Å². The zero-order valence-electron chi connectivity index (χ0n) is 13.0. The van der Waals surface area contributed by atoms with Crippen molar-refractivity contribution in [2.45, 2.75) is 4.90 Å². The molecule has 23 heavy (non-hydrogen) atoms. The van der Waals surface area contributed by atoms with Crippen molar-refractivity contribution in [2.24, 2.45) is 0 Å². The Morgan fingerprint density at radius 1 is 1.04 bits per heavy atom. The van der Waals surface area contributed by atoms with Gasteiger partial charge in [-0.3, -0.25) is 4.79 Å². The van der Waals surface area contributed by atoms with Gasteiger partial charge in [0.25, 0.3) is 5.91 Å². The van der Waals surface area contributed by atoms with Crippen LogP contribution in [-0.4, -0.2) is 19.3 Å². The number of rotatable bonds is 4. The van der Waals surface area contributed by atoms with Crippen LogP contribution in [0.5, 0.6) is 5.75 Å². The Bertz CT molecular complexity index is 856. The Labute approximate surface area is 139 Å². The van der Waals surface area contributed by atoms with Gasteiger partial charge in [0.05, 0.1) is 12.7 Å². The number of anilines is 1. The third-order valence-corrected chi connectivity index (χ3v) is 4.42. The van der Waals surface area contributed by atoms with Crippen molar-refractivity contribution in [2.75, 3.05) is 18.7 Å². The minimum absolute atomic E-state index is 0.175. The highest BCUT2D eigenvalue weighted by Crippen LogP contribution is 2.28. The number of amides is 1. The van der Waals surface area contributed by atoms with Crippen molar-refractivity contribution < 1.29 is 9.53 Å². The SMILES string of the molecule is COc1cc(SC)ccc1C(=O)Nc1cccc2ccccc12. The zero-order valence-corrected chi connectivity index (χ0v) is 13.8. The van der Waals surface area contributed by atoms with E-state index in [0.29, 0.717) is 11.3 Å². The molecular formula is C19H17NO2S. The monoisotopic (exact) mass is 323 g/mol. The molecule has 3 aromatic carbocycles. The first-order valence-electron chi connectivity index (χ1n) is 7.24. The number of methoxy groups -OCH3 is 1. The smallest absolute Gasteiger partial charge is 0.259 e. The molecule has 3 rings (SSSR count). The fourth-order valence-electron chi connectivity index (χ4n) is 2.51. The summed E-state index contributed by atoms with van der Waals surface area (Å²) < 4.78 is 5.36. The number of nitrogens with one attached hydrogen (secondary N) is 1. The van der Waals surface area contributed by atoms with E-state index < -0.39 is 0 Å². The Balaban J connectivity index is 1.95. The molecule has 0 saturated heterocycles. The number of carbonyl (C=O) groups is 1. The fourth-order valence-corrected chi connectivity index (χ4v) is 2.94. The van der Waals surface area contributed by atoms with E-state index in [1.54, 1.807) is 24.9 Å². The molecule has 0 aliphatic carbocycles. The van der Waals surface area contributed by atoms with Gasteiger partial charge in [0.2, 0.25) is 0 Å². The van der Waals surface area contributed by atoms with Crippen molar-refractivity contribution in [3.05, 3.63) is 66.2 Å². The molecule has 3 nitrogen and oxygen atoms in total. The maximum Gasteiger partial charge on any atom is 0.259 e. The Kier molecular flexibility index (Phi) is 4.53. The Morgan fingerprint density at radius 2 is 1.83 bits per heavy atom. The minimum atomic E-state index is -0.175. The number of thioether (sulfide) groups is 1. The first kappa shape index (κ1) is 15.4. The highest BCUT2D eigenvalue weighted by atomic mass is 32.2. The summed E-state index contributed by atoms with van der Waals surface area (Å²) in [5.74, 6) is 0.403. The molecule has 0 saturated carbocycles. The number of hydrogen-bond acceptors (Lipinski definition) is 3. The number of benzene rings is 3. The van der Waals surface area contributed by atoms with Crippen LogP contribution >= 0.6 is 11.8 Å². The lowest BCUT2D eigenvalue weighted by molar-refractivity contribution is 0.102. The summed E-state index contributed by atoms with van der Waals surface area (Å²) in [5.41, 5.74) is 1.32. The quantitative estimate of drug-likeness (QED) is 0.699. The van der Waals surface area contributed by atoms with Gasteiger partial charge < -0.3 is 10.1 Å². The summed E-state index contributed by atoms with van der Waals surface area (Å²) >= 11 is 1.61. The van der Waals surface area contributed by atoms with Crippen LogP contribution in [0.25, 0.3) is 10.8 Å². The molecule has 1 N–H and O–H groups in total. The van der Waals surface area contributed by atoms with Gasteiger partial charge in [-0.05, 0) is 35.9 Å². The maximum atomic E-state index is 12.6. The second kappa shape index (κ2) is 6.75. The molecule has 3 aromatic rings. The third-order valence-electron chi connectivity index (χ3n) is 3.69. The van der Waals surface area contributed by atoms with Crippen LogP contribution in [0.3, 0.4) is 0 Å². The number of fused-ring (bicyclic) bond motifs is 1. The Hall–Kier alpha value is -2.46. The van der Waals surface area contributed by atoms with Crippen molar-refractivity contribution >= 4 is 34.1 Å². The van der Waals surface area contributed by atoms with Crippen LogP contribution in [-0.2, 0) is 0 Å². The van der Waals surface area contributed by atoms with Gasteiger partial charge >= 0.3 is 0 Å². The second-order valence-corrected chi connectivity index (χ2v) is 5.93. The largest absolute Gasteiger partial charge is 0.496 e. The summed E-state index contributed by atoms with van der Waals surface area (Å²) in [6.45, 7) is 0. The second-order valence-electron chi connectivity index (χ2n) is 5.05. The summed E-state index contributed by atoms with van der Waals surface area (Å²) in [6.07, 6.45) is 1.99. The molecule has 0 heterocycles. The first-order chi connectivity index (χ1) is 11.2. The van der Waals surface area contributed by atoms with Crippen LogP contribution in [0, 0.1) is 0 Å². The van der Waals surface area contributed by atoms with E-state index in [2.05, 4.69) is 5.32 Å². The van der Waals surface area contributed by atoms with Crippen molar-refractivity contribution in [3.8, 4) is 5.75 Å². The summed E-state index contributed by atoms with van der Waals surface area (Å²) in [7, 11) is 1.58. The lowest BCUT2D eigenvalue weighted by Gasteiger charge is -2.12. The van der Waals surface area contributed by atoms with Gasteiger partial charge in [-0.15, -0.1) is 11.8 Å². The number of carbonyl (C=O) groups excluding carboxylic acids is 1. The van der Waals surface area contributed by atoms with Gasteiger partial charge in [-0.2, -0.15) is 0 Å². The van der Waals surface area contributed by atoms with E-state index in [1.807, 2.05) is 60.9 Å².